The van der Waals surface area contributed by atoms with Gasteiger partial charge in [0.25, 0.3) is 5.91 Å². The summed E-state index contributed by atoms with van der Waals surface area (Å²) >= 11 is 1.54. The Morgan fingerprint density at radius 2 is 1.66 bits per heavy atom. The highest BCUT2D eigenvalue weighted by molar-refractivity contribution is 7.17. The SMILES string of the molecule is CC(C)c1cccc(C(C)C)c1NC(=O)COc1ncnc2scc(-c3ccccc3)c12. The number of hydrogen-bond donors (Lipinski definition) is 1. The van der Waals surface area contributed by atoms with Crippen molar-refractivity contribution in [1.82, 2.24) is 9.97 Å². The number of carbonyl (C=O) groups excluding carboxylic acids is 1. The normalized spacial score (nSPS) is 11.3. The lowest BCUT2D eigenvalue weighted by atomic mass is 9.92. The molecule has 0 bridgehead atoms. The predicted octanol–water partition coefficient (Wildman–Crippen LogP) is 6.62. The summed E-state index contributed by atoms with van der Waals surface area (Å²) in [5, 5.41) is 5.98. The van der Waals surface area contributed by atoms with E-state index in [9.17, 15) is 4.79 Å². The molecule has 0 saturated heterocycles. The molecule has 0 spiro atoms. The van der Waals surface area contributed by atoms with Crippen LogP contribution in [0.5, 0.6) is 5.88 Å². The Labute approximate surface area is 192 Å². The molecule has 0 radical (unpaired) electrons. The van der Waals surface area contributed by atoms with Crippen LogP contribution in [-0.4, -0.2) is 22.5 Å². The Morgan fingerprint density at radius 1 is 0.969 bits per heavy atom. The van der Waals surface area contributed by atoms with E-state index in [1.54, 1.807) is 0 Å². The second-order valence-electron chi connectivity index (χ2n) is 8.33. The summed E-state index contributed by atoms with van der Waals surface area (Å²) < 4.78 is 5.92. The molecule has 0 aliphatic rings. The van der Waals surface area contributed by atoms with Crippen molar-refractivity contribution in [2.45, 2.75) is 39.5 Å². The van der Waals surface area contributed by atoms with E-state index in [4.69, 9.17) is 4.74 Å². The molecule has 0 aliphatic heterocycles. The predicted molar refractivity (Wildman–Crippen MR) is 132 cm³/mol. The molecule has 0 unspecified atom stereocenters. The standard InChI is InChI=1S/C26H27N3O2S/c1-16(2)19-11-8-12-20(17(3)4)24(19)29-22(30)13-31-25-23-21(18-9-6-5-7-10-18)14-32-26(23)28-15-27-25/h5-12,14-17H,13H2,1-4H3,(H,29,30). The van der Waals surface area contributed by atoms with E-state index in [1.165, 1.54) is 17.7 Å². The average molecular weight is 446 g/mol. The summed E-state index contributed by atoms with van der Waals surface area (Å²) in [7, 11) is 0. The van der Waals surface area contributed by atoms with E-state index in [0.717, 1.165) is 38.2 Å². The molecule has 4 aromatic rings. The Bertz CT molecular complexity index is 1210. The van der Waals surface area contributed by atoms with Gasteiger partial charge in [-0.2, -0.15) is 0 Å². The lowest BCUT2D eigenvalue weighted by molar-refractivity contribution is -0.118. The number of hydrogen-bond acceptors (Lipinski definition) is 5. The zero-order valence-corrected chi connectivity index (χ0v) is 19.6. The maximum absolute atomic E-state index is 12.9. The minimum atomic E-state index is -0.205. The first-order valence-corrected chi connectivity index (χ1v) is 11.7. The van der Waals surface area contributed by atoms with Crippen molar-refractivity contribution in [3.8, 4) is 17.0 Å². The molecule has 0 fully saturated rings. The first kappa shape index (κ1) is 22.0. The van der Waals surface area contributed by atoms with Crippen LogP contribution >= 0.6 is 11.3 Å². The van der Waals surface area contributed by atoms with Crippen LogP contribution in [0.4, 0.5) is 5.69 Å². The molecule has 6 heteroatoms. The molecule has 2 heterocycles. The summed E-state index contributed by atoms with van der Waals surface area (Å²) in [6.07, 6.45) is 1.48. The number of nitrogens with zero attached hydrogens (tertiary/aromatic N) is 2. The van der Waals surface area contributed by atoms with Crippen molar-refractivity contribution >= 4 is 33.1 Å². The number of aromatic nitrogens is 2. The second kappa shape index (κ2) is 9.49. The Morgan fingerprint density at radius 3 is 2.31 bits per heavy atom. The minimum absolute atomic E-state index is 0.125. The molecule has 2 aromatic heterocycles. The van der Waals surface area contributed by atoms with Gasteiger partial charge in [-0.1, -0.05) is 76.2 Å². The highest BCUT2D eigenvalue weighted by atomic mass is 32.1. The molecular formula is C26H27N3O2S. The number of fused-ring (bicyclic) bond motifs is 1. The van der Waals surface area contributed by atoms with Gasteiger partial charge in [0.2, 0.25) is 5.88 Å². The third-order valence-corrected chi connectivity index (χ3v) is 6.28. The zero-order chi connectivity index (χ0) is 22.7. The highest BCUT2D eigenvalue weighted by Crippen LogP contribution is 2.37. The van der Waals surface area contributed by atoms with E-state index < -0.39 is 0 Å². The molecule has 2 aromatic carbocycles. The van der Waals surface area contributed by atoms with Crippen LogP contribution in [0, 0.1) is 0 Å². The summed E-state index contributed by atoms with van der Waals surface area (Å²) in [6, 6.07) is 16.2. The number of nitrogens with one attached hydrogen (secondary N) is 1. The Hall–Kier alpha value is -3.25. The van der Waals surface area contributed by atoms with Crippen molar-refractivity contribution in [1.29, 1.82) is 0 Å². The van der Waals surface area contributed by atoms with E-state index in [2.05, 4.69) is 66.6 Å². The number of ether oxygens (including phenoxy) is 1. The van der Waals surface area contributed by atoms with Gasteiger partial charge in [-0.3, -0.25) is 4.79 Å². The van der Waals surface area contributed by atoms with Crippen molar-refractivity contribution in [3.63, 3.8) is 0 Å². The number of benzene rings is 2. The van der Waals surface area contributed by atoms with Gasteiger partial charge in [0.15, 0.2) is 6.61 Å². The summed E-state index contributed by atoms with van der Waals surface area (Å²) in [5.74, 6) is 0.811. The molecule has 0 atom stereocenters. The maximum atomic E-state index is 12.9. The zero-order valence-electron chi connectivity index (χ0n) is 18.8. The fraction of sp³-hybridized carbons (Fsp3) is 0.269. The molecule has 4 rings (SSSR count). The average Bonchev–Trinajstić information content (AvgIpc) is 3.23. The monoisotopic (exact) mass is 445 g/mol. The molecule has 164 valence electrons. The van der Waals surface area contributed by atoms with Crippen molar-refractivity contribution in [2.24, 2.45) is 0 Å². The van der Waals surface area contributed by atoms with Gasteiger partial charge < -0.3 is 10.1 Å². The lowest BCUT2D eigenvalue weighted by Crippen LogP contribution is -2.22. The summed E-state index contributed by atoms with van der Waals surface area (Å²) in [4.78, 5) is 22.4. The van der Waals surface area contributed by atoms with Gasteiger partial charge in [-0.15, -0.1) is 11.3 Å². The molecule has 0 saturated carbocycles. The molecule has 32 heavy (non-hydrogen) atoms. The number of anilines is 1. The van der Waals surface area contributed by atoms with Crippen molar-refractivity contribution in [2.75, 3.05) is 11.9 Å². The van der Waals surface area contributed by atoms with Crippen molar-refractivity contribution in [3.05, 3.63) is 71.4 Å². The van der Waals surface area contributed by atoms with E-state index in [-0.39, 0.29) is 12.5 Å². The fourth-order valence-electron chi connectivity index (χ4n) is 3.79. The number of thiophene rings is 1. The van der Waals surface area contributed by atoms with Gasteiger partial charge in [0.1, 0.15) is 11.2 Å². The highest BCUT2D eigenvalue weighted by Gasteiger charge is 2.18. The molecule has 5 nitrogen and oxygen atoms in total. The van der Waals surface area contributed by atoms with E-state index in [1.807, 2.05) is 30.3 Å². The second-order valence-corrected chi connectivity index (χ2v) is 9.19. The third kappa shape index (κ3) is 4.50. The molecular weight excluding hydrogens is 418 g/mol. The minimum Gasteiger partial charge on any atom is -0.467 e. The number of para-hydroxylation sites is 1. The Kier molecular flexibility index (Phi) is 6.51. The van der Waals surface area contributed by atoms with Gasteiger partial charge in [0.05, 0.1) is 5.39 Å². The van der Waals surface area contributed by atoms with E-state index in [0.29, 0.717) is 17.7 Å². The van der Waals surface area contributed by atoms with Gasteiger partial charge >= 0.3 is 0 Å². The third-order valence-electron chi connectivity index (χ3n) is 5.40. The first-order valence-electron chi connectivity index (χ1n) is 10.8. The quantitative estimate of drug-likeness (QED) is 0.347. The van der Waals surface area contributed by atoms with Crippen LogP contribution in [0.2, 0.25) is 0 Å². The lowest BCUT2D eigenvalue weighted by Gasteiger charge is -2.20. The molecule has 1 amide bonds. The topological polar surface area (TPSA) is 64.1 Å². The van der Waals surface area contributed by atoms with Gasteiger partial charge in [0, 0.05) is 16.6 Å². The van der Waals surface area contributed by atoms with Crippen LogP contribution in [0.3, 0.4) is 0 Å². The Balaban J connectivity index is 1.58. The maximum Gasteiger partial charge on any atom is 0.262 e. The van der Waals surface area contributed by atoms with Crippen LogP contribution < -0.4 is 10.1 Å². The van der Waals surface area contributed by atoms with Crippen LogP contribution in [0.25, 0.3) is 21.3 Å². The van der Waals surface area contributed by atoms with Crippen LogP contribution in [0.1, 0.15) is 50.7 Å². The van der Waals surface area contributed by atoms with Gasteiger partial charge in [-0.25, -0.2) is 9.97 Å². The number of amides is 1. The first-order chi connectivity index (χ1) is 15.5. The molecule has 0 aliphatic carbocycles. The fourth-order valence-corrected chi connectivity index (χ4v) is 4.70. The number of carbonyl (C=O) groups is 1. The van der Waals surface area contributed by atoms with Crippen LogP contribution in [0.15, 0.2) is 60.2 Å². The van der Waals surface area contributed by atoms with Crippen LogP contribution in [-0.2, 0) is 4.79 Å². The van der Waals surface area contributed by atoms with Gasteiger partial charge in [-0.05, 0) is 28.5 Å². The number of rotatable bonds is 7. The van der Waals surface area contributed by atoms with Crippen molar-refractivity contribution < 1.29 is 9.53 Å². The smallest absolute Gasteiger partial charge is 0.262 e. The molecule has 1 N–H and O–H groups in total. The van der Waals surface area contributed by atoms with E-state index >= 15 is 0 Å². The summed E-state index contributed by atoms with van der Waals surface area (Å²) in [5.41, 5.74) is 5.21. The largest absolute Gasteiger partial charge is 0.467 e. The summed E-state index contributed by atoms with van der Waals surface area (Å²) in [6.45, 7) is 8.39.